The molecule has 0 saturated carbocycles. The van der Waals surface area contributed by atoms with E-state index in [1.54, 1.807) is 13.0 Å². The second-order valence-electron chi connectivity index (χ2n) is 2.32. The standard InChI is InChI=1S/C8H7N3O/c1-5-2-3-6(4-9)7(11-5)8(10)12/h2-3H,1H3,(H2,10,12). The third-order valence-corrected chi connectivity index (χ3v) is 1.39. The van der Waals surface area contributed by atoms with Crippen molar-refractivity contribution in [1.82, 2.24) is 4.98 Å². The zero-order valence-corrected chi connectivity index (χ0v) is 6.53. The van der Waals surface area contributed by atoms with E-state index in [4.69, 9.17) is 11.0 Å². The Bertz CT molecular complexity index is 365. The Morgan fingerprint density at radius 3 is 2.83 bits per heavy atom. The normalized spacial score (nSPS) is 9.00. The van der Waals surface area contributed by atoms with Gasteiger partial charge in [0.2, 0.25) is 0 Å². The average Bonchev–Trinajstić information content (AvgIpc) is 2.04. The van der Waals surface area contributed by atoms with Crippen molar-refractivity contribution in [3.05, 3.63) is 29.1 Å². The van der Waals surface area contributed by atoms with Crippen LogP contribution in [0, 0.1) is 18.3 Å². The molecule has 1 aromatic heterocycles. The van der Waals surface area contributed by atoms with Gasteiger partial charge in [-0.3, -0.25) is 4.79 Å². The Labute approximate surface area is 69.6 Å². The molecule has 0 bridgehead atoms. The fourth-order valence-electron chi connectivity index (χ4n) is 0.835. The van der Waals surface area contributed by atoms with Crippen LogP contribution in [0.25, 0.3) is 0 Å². The lowest BCUT2D eigenvalue weighted by molar-refractivity contribution is 0.0995. The lowest BCUT2D eigenvalue weighted by Gasteiger charge is -1.98. The summed E-state index contributed by atoms with van der Waals surface area (Å²) in [5.74, 6) is -0.671. The molecule has 0 aliphatic heterocycles. The van der Waals surface area contributed by atoms with Gasteiger partial charge in [-0.15, -0.1) is 0 Å². The summed E-state index contributed by atoms with van der Waals surface area (Å²) in [6, 6.07) is 5.03. The van der Waals surface area contributed by atoms with Gasteiger partial charge in [-0.25, -0.2) is 4.98 Å². The number of hydrogen-bond donors (Lipinski definition) is 1. The number of carbonyl (C=O) groups is 1. The van der Waals surface area contributed by atoms with Gasteiger partial charge in [0.1, 0.15) is 11.8 Å². The molecule has 0 aromatic carbocycles. The first kappa shape index (κ1) is 8.21. The SMILES string of the molecule is Cc1ccc(C#N)c(C(N)=O)n1. The molecule has 0 spiro atoms. The van der Waals surface area contributed by atoms with Crippen LogP contribution in [0.15, 0.2) is 12.1 Å². The molecule has 1 rings (SSSR count). The third kappa shape index (κ3) is 1.40. The van der Waals surface area contributed by atoms with Crippen LogP contribution in [0.4, 0.5) is 0 Å². The monoisotopic (exact) mass is 161 g/mol. The number of hydrogen-bond acceptors (Lipinski definition) is 3. The topological polar surface area (TPSA) is 79.8 Å². The summed E-state index contributed by atoms with van der Waals surface area (Å²) in [5, 5.41) is 8.56. The summed E-state index contributed by atoms with van der Waals surface area (Å²) in [4.78, 5) is 14.6. The van der Waals surface area contributed by atoms with Crippen LogP contribution >= 0.6 is 0 Å². The molecule has 60 valence electrons. The molecule has 1 heterocycles. The molecule has 4 nitrogen and oxygen atoms in total. The first-order valence-electron chi connectivity index (χ1n) is 3.32. The molecular formula is C8H7N3O. The van der Waals surface area contributed by atoms with Crippen LogP contribution in [-0.2, 0) is 0 Å². The van der Waals surface area contributed by atoms with E-state index in [1.807, 2.05) is 6.07 Å². The summed E-state index contributed by atoms with van der Waals surface area (Å²) >= 11 is 0. The number of nitrogens with zero attached hydrogens (tertiary/aromatic N) is 2. The quantitative estimate of drug-likeness (QED) is 0.645. The van der Waals surface area contributed by atoms with Crippen LogP contribution in [0.3, 0.4) is 0 Å². The molecular weight excluding hydrogens is 154 g/mol. The molecule has 1 amide bonds. The third-order valence-electron chi connectivity index (χ3n) is 1.39. The van der Waals surface area contributed by atoms with Crippen molar-refractivity contribution in [3.8, 4) is 6.07 Å². The zero-order valence-electron chi connectivity index (χ0n) is 6.53. The lowest BCUT2D eigenvalue weighted by Crippen LogP contribution is -2.15. The molecule has 1 aromatic rings. The second-order valence-corrected chi connectivity index (χ2v) is 2.32. The molecule has 0 aliphatic carbocycles. The second kappa shape index (κ2) is 3.01. The molecule has 0 atom stereocenters. The highest BCUT2D eigenvalue weighted by Crippen LogP contribution is 2.04. The molecule has 0 fully saturated rings. The Morgan fingerprint density at radius 1 is 1.67 bits per heavy atom. The van der Waals surface area contributed by atoms with E-state index in [0.29, 0.717) is 5.69 Å². The number of amides is 1. The van der Waals surface area contributed by atoms with Gasteiger partial charge in [0.05, 0.1) is 5.56 Å². The predicted octanol–water partition coefficient (Wildman–Crippen LogP) is 0.361. The van der Waals surface area contributed by atoms with Gasteiger partial charge in [-0.05, 0) is 19.1 Å². The molecule has 0 saturated heterocycles. The van der Waals surface area contributed by atoms with Crippen molar-refractivity contribution in [2.24, 2.45) is 5.73 Å². The largest absolute Gasteiger partial charge is 0.364 e. The summed E-state index contributed by atoms with van der Waals surface area (Å²) in [6.07, 6.45) is 0. The number of primary amides is 1. The van der Waals surface area contributed by atoms with Crippen molar-refractivity contribution in [2.45, 2.75) is 6.92 Å². The smallest absolute Gasteiger partial charge is 0.268 e. The van der Waals surface area contributed by atoms with Crippen molar-refractivity contribution in [2.75, 3.05) is 0 Å². The van der Waals surface area contributed by atoms with E-state index in [2.05, 4.69) is 4.98 Å². The Morgan fingerprint density at radius 2 is 2.33 bits per heavy atom. The minimum atomic E-state index is -0.671. The molecule has 12 heavy (non-hydrogen) atoms. The fourth-order valence-corrected chi connectivity index (χ4v) is 0.835. The molecule has 0 aliphatic rings. The highest BCUT2D eigenvalue weighted by molar-refractivity contribution is 5.93. The first-order valence-corrected chi connectivity index (χ1v) is 3.32. The van der Waals surface area contributed by atoms with Crippen molar-refractivity contribution >= 4 is 5.91 Å². The van der Waals surface area contributed by atoms with Gasteiger partial charge < -0.3 is 5.73 Å². The number of pyridine rings is 1. The highest BCUT2D eigenvalue weighted by atomic mass is 16.1. The summed E-state index contributed by atoms with van der Waals surface area (Å²) in [5.41, 5.74) is 5.93. The average molecular weight is 161 g/mol. The van der Waals surface area contributed by atoms with E-state index in [0.717, 1.165) is 0 Å². The number of nitrogens with two attached hydrogens (primary N) is 1. The Balaban J connectivity index is 3.34. The van der Waals surface area contributed by atoms with Gasteiger partial charge in [-0.1, -0.05) is 0 Å². The predicted molar refractivity (Wildman–Crippen MR) is 42.2 cm³/mol. The Kier molecular flexibility index (Phi) is 2.06. The van der Waals surface area contributed by atoms with E-state index >= 15 is 0 Å². The first-order chi connectivity index (χ1) is 5.65. The molecule has 0 radical (unpaired) electrons. The minimum absolute atomic E-state index is 0.0394. The van der Waals surface area contributed by atoms with E-state index in [9.17, 15) is 4.79 Å². The van der Waals surface area contributed by atoms with Crippen LogP contribution in [0.5, 0.6) is 0 Å². The number of aryl methyl sites for hydroxylation is 1. The van der Waals surface area contributed by atoms with Gasteiger partial charge in [0.15, 0.2) is 0 Å². The van der Waals surface area contributed by atoms with Gasteiger partial charge in [0, 0.05) is 5.69 Å². The lowest BCUT2D eigenvalue weighted by atomic mass is 10.2. The van der Waals surface area contributed by atoms with Gasteiger partial charge >= 0.3 is 0 Å². The minimum Gasteiger partial charge on any atom is -0.364 e. The summed E-state index contributed by atoms with van der Waals surface area (Å²) in [7, 11) is 0. The summed E-state index contributed by atoms with van der Waals surface area (Å²) < 4.78 is 0. The number of carbonyl (C=O) groups excluding carboxylic acids is 1. The maximum Gasteiger partial charge on any atom is 0.268 e. The fraction of sp³-hybridized carbons (Fsp3) is 0.125. The zero-order chi connectivity index (χ0) is 9.14. The van der Waals surface area contributed by atoms with Crippen molar-refractivity contribution in [3.63, 3.8) is 0 Å². The van der Waals surface area contributed by atoms with Crippen LogP contribution in [0.1, 0.15) is 21.7 Å². The maximum absolute atomic E-state index is 10.7. The number of nitriles is 1. The van der Waals surface area contributed by atoms with Gasteiger partial charge in [-0.2, -0.15) is 5.26 Å². The van der Waals surface area contributed by atoms with Crippen molar-refractivity contribution < 1.29 is 4.79 Å². The van der Waals surface area contributed by atoms with Gasteiger partial charge in [0.25, 0.3) is 5.91 Å². The van der Waals surface area contributed by atoms with E-state index in [-0.39, 0.29) is 11.3 Å². The van der Waals surface area contributed by atoms with Crippen LogP contribution in [0.2, 0.25) is 0 Å². The Hall–Kier alpha value is -1.89. The van der Waals surface area contributed by atoms with Crippen LogP contribution < -0.4 is 5.73 Å². The molecule has 4 heteroatoms. The van der Waals surface area contributed by atoms with Crippen molar-refractivity contribution in [1.29, 1.82) is 5.26 Å². The summed E-state index contributed by atoms with van der Waals surface area (Å²) in [6.45, 7) is 1.73. The van der Waals surface area contributed by atoms with E-state index < -0.39 is 5.91 Å². The van der Waals surface area contributed by atoms with Crippen LogP contribution in [-0.4, -0.2) is 10.9 Å². The van der Waals surface area contributed by atoms with E-state index in [1.165, 1.54) is 6.07 Å². The molecule has 2 N–H and O–H groups in total. The number of rotatable bonds is 1. The highest BCUT2D eigenvalue weighted by Gasteiger charge is 2.08. The number of aromatic nitrogens is 1. The molecule has 0 unspecified atom stereocenters. The maximum atomic E-state index is 10.7.